The lowest BCUT2D eigenvalue weighted by atomic mass is 10.2. The average molecular weight is 306 g/mol. The van der Waals surface area contributed by atoms with E-state index < -0.39 is 18.0 Å². The Kier molecular flexibility index (Phi) is 6.87. The van der Waals surface area contributed by atoms with E-state index >= 15 is 0 Å². The molecule has 1 unspecified atom stereocenters. The van der Waals surface area contributed by atoms with Gasteiger partial charge in [0.05, 0.1) is 11.4 Å². The number of rotatable bonds is 7. The van der Waals surface area contributed by atoms with Crippen LogP contribution in [0.25, 0.3) is 0 Å². The van der Waals surface area contributed by atoms with Crippen molar-refractivity contribution in [3.8, 4) is 0 Å². The van der Waals surface area contributed by atoms with E-state index in [1.54, 1.807) is 6.92 Å². The molecule has 0 fully saturated rings. The van der Waals surface area contributed by atoms with Crippen LogP contribution in [0.2, 0.25) is 0 Å². The van der Waals surface area contributed by atoms with E-state index in [1.165, 1.54) is 12.1 Å². The van der Waals surface area contributed by atoms with Crippen LogP contribution in [0.15, 0.2) is 23.1 Å². The van der Waals surface area contributed by atoms with Gasteiger partial charge in [0.15, 0.2) is 0 Å². The van der Waals surface area contributed by atoms with Crippen LogP contribution in [-0.4, -0.2) is 24.1 Å². The molecule has 112 valence electrons. The fraction of sp³-hybridized carbons (Fsp3) is 0.462. The average Bonchev–Trinajstić information content (AvgIpc) is 2.35. The molecule has 0 saturated carbocycles. The SMILES string of the molecule is CC(N)CCC(=O)Nc1cc(F)ccc1SCC(F)F. The summed E-state index contributed by atoms with van der Waals surface area (Å²) in [5.74, 6) is -1.25. The minimum absolute atomic E-state index is 0.110. The molecule has 7 heteroatoms. The Labute approximate surface area is 120 Å². The number of anilines is 1. The Balaban J connectivity index is 2.71. The second kappa shape index (κ2) is 8.16. The number of benzene rings is 1. The first-order valence-corrected chi connectivity index (χ1v) is 7.13. The van der Waals surface area contributed by atoms with Gasteiger partial charge in [-0.15, -0.1) is 11.8 Å². The molecule has 0 aliphatic heterocycles. The standard InChI is InChI=1S/C13H17F3N2OS/c1-8(17)2-5-13(19)18-10-6-9(14)3-4-11(10)20-7-12(15)16/h3-4,6,8,12H,2,5,7,17H2,1H3,(H,18,19). The molecule has 0 aliphatic rings. The zero-order valence-electron chi connectivity index (χ0n) is 11.0. The molecular formula is C13H17F3N2OS. The number of nitrogens with two attached hydrogens (primary N) is 1. The first-order valence-electron chi connectivity index (χ1n) is 6.14. The second-order valence-corrected chi connectivity index (χ2v) is 5.47. The Morgan fingerprint density at radius 2 is 2.15 bits per heavy atom. The summed E-state index contributed by atoms with van der Waals surface area (Å²) in [5.41, 5.74) is 5.75. The fourth-order valence-corrected chi connectivity index (χ4v) is 2.19. The third-order valence-corrected chi connectivity index (χ3v) is 3.49. The van der Waals surface area contributed by atoms with Crippen molar-refractivity contribution in [2.24, 2.45) is 5.73 Å². The number of carbonyl (C=O) groups excluding carboxylic acids is 1. The van der Waals surface area contributed by atoms with Crippen molar-refractivity contribution in [1.82, 2.24) is 0 Å². The van der Waals surface area contributed by atoms with Gasteiger partial charge in [0, 0.05) is 17.4 Å². The van der Waals surface area contributed by atoms with Crippen LogP contribution >= 0.6 is 11.8 Å². The minimum atomic E-state index is -2.47. The predicted octanol–water partition coefficient (Wildman–Crippen LogP) is 3.25. The first-order chi connectivity index (χ1) is 9.38. The fourth-order valence-electron chi connectivity index (χ4n) is 1.45. The Morgan fingerprint density at radius 3 is 2.75 bits per heavy atom. The highest BCUT2D eigenvalue weighted by atomic mass is 32.2. The van der Waals surface area contributed by atoms with Gasteiger partial charge in [-0.1, -0.05) is 0 Å². The van der Waals surface area contributed by atoms with Gasteiger partial charge in [0.25, 0.3) is 0 Å². The number of nitrogens with one attached hydrogen (secondary N) is 1. The summed E-state index contributed by atoms with van der Waals surface area (Å²) in [6.07, 6.45) is -1.76. The van der Waals surface area contributed by atoms with E-state index in [-0.39, 0.29) is 24.1 Å². The van der Waals surface area contributed by atoms with Crippen molar-refractivity contribution in [2.45, 2.75) is 37.1 Å². The van der Waals surface area contributed by atoms with E-state index in [0.29, 0.717) is 11.3 Å². The summed E-state index contributed by atoms with van der Waals surface area (Å²) in [5, 5.41) is 2.53. The van der Waals surface area contributed by atoms with Crippen molar-refractivity contribution in [1.29, 1.82) is 0 Å². The summed E-state index contributed by atoms with van der Waals surface area (Å²) in [7, 11) is 0. The number of halogens is 3. The van der Waals surface area contributed by atoms with Gasteiger partial charge >= 0.3 is 0 Å². The molecule has 1 amide bonds. The lowest BCUT2D eigenvalue weighted by Crippen LogP contribution is -2.19. The quantitative estimate of drug-likeness (QED) is 0.760. The molecule has 3 N–H and O–H groups in total. The predicted molar refractivity (Wildman–Crippen MR) is 74.6 cm³/mol. The van der Waals surface area contributed by atoms with Crippen LogP contribution in [-0.2, 0) is 4.79 Å². The highest BCUT2D eigenvalue weighted by molar-refractivity contribution is 7.99. The molecule has 0 heterocycles. The van der Waals surface area contributed by atoms with E-state index in [2.05, 4.69) is 5.32 Å². The van der Waals surface area contributed by atoms with E-state index in [9.17, 15) is 18.0 Å². The van der Waals surface area contributed by atoms with Crippen molar-refractivity contribution in [2.75, 3.05) is 11.1 Å². The summed E-state index contributed by atoms with van der Waals surface area (Å²) in [4.78, 5) is 12.1. The maximum atomic E-state index is 13.2. The molecule has 0 spiro atoms. The largest absolute Gasteiger partial charge is 0.328 e. The summed E-state index contributed by atoms with van der Waals surface area (Å²) in [6, 6.07) is 3.56. The zero-order valence-corrected chi connectivity index (χ0v) is 11.9. The molecular weight excluding hydrogens is 289 g/mol. The molecule has 1 atom stereocenters. The summed E-state index contributed by atoms with van der Waals surface area (Å²) >= 11 is 0.874. The lowest BCUT2D eigenvalue weighted by Gasteiger charge is -2.11. The Bertz CT molecular complexity index is 455. The highest BCUT2D eigenvalue weighted by Crippen LogP contribution is 2.29. The van der Waals surface area contributed by atoms with Crippen LogP contribution < -0.4 is 11.1 Å². The van der Waals surface area contributed by atoms with Crippen molar-refractivity contribution in [3.05, 3.63) is 24.0 Å². The van der Waals surface area contributed by atoms with Crippen molar-refractivity contribution >= 4 is 23.4 Å². The molecule has 0 aromatic heterocycles. The van der Waals surface area contributed by atoms with Crippen LogP contribution in [0, 0.1) is 5.82 Å². The summed E-state index contributed by atoms with van der Waals surface area (Å²) < 4.78 is 37.6. The smallest absolute Gasteiger partial charge is 0.247 e. The molecule has 0 bridgehead atoms. The molecule has 20 heavy (non-hydrogen) atoms. The van der Waals surface area contributed by atoms with Crippen molar-refractivity contribution in [3.63, 3.8) is 0 Å². The minimum Gasteiger partial charge on any atom is -0.328 e. The molecule has 1 aromatic carbocycles. The van der Waals surface area contributed by atoms with Crippen molar-refractivity contribution < 1.29 is 18.0 Å². The van der Waals surface area contributed by atoms with Gasteiger partial charge in [-0.05, 0) is 31.5 Å². The number of amides is 1. The Morgan fingerprint density at radius 1 is 1.45 bits per heavy atom. The number of alkyl halides is 2. The van der Waals surface area contributed by atoms with E-state index in [4.69, 9.17) is 5.73 Å². The van der Waals surface area contributed by atoms with Gasteiger partial charge in [-0.25, -0.2) is 13.2 Å². The number of hydrogen-bond acceptors (Lipinski definition) is 3. The van der Waals surface area contributed by atoms with Gasteiger partial charge < -0.3 is 11.1 Å². The van der Waals surface area contributed by atoms with Crippen LogP contribution in [0.1, 0.15) is 19.8 Å². The van der Waals surface area contributed by atoms with E-state index in [1.807, 2.05) is 0 Å². The highest BCUT2D eigenvalue weighted by Gasteiger charge is 2.11. The number of thioether (sulfide) groups is 1. The lowest BCUT2D eigenvalue weighted by molar-refractivity contribution is -0.116. The van der Waals surface area contributed by atoms with Gasteiger partial charge in [-0.3, -0.25) is 4.79 Å². The zero-order chi connectivity index (χ0) is 15.1. The second-order valence-electron chi connectivity index (χ2n) is 4.41. The number of hydrogen-bond donors (Lipinski definition) is 2. The maximum absolute atomic E-state index is 13.2. The van der Waals surface area contributed by atoms with Crippen LogP contribution in [0.3, 0.4) is 0 Å². The Hall–Kier alpha value is -1.21. The molecule has 0 aliphatic carbocycles. The van der Waals surface area contributed by atoms with E-state index in [0.717, 1.165) is 17.8 Å². The van der Waals surface area contributed by atoms with Crippen LogP contribution in [0.4, 0.5) is 18.9 Å². The molecule has 1 rings (SSSR count). The first kappa shape index (κ1) is 16.8. The maximum Gasteiger partial charge on any atom is 0.247 e. The number of carbonyl (C=O) groups is 1. The topological polar surface area (TPSA) is 55.1 Å². The molecule has 0 radical (unpaired) electrons. The van der Waals surface area contributed by atoms with Gasteiger partial charge in [0.2, 0.25) is 12.3 Å². The van der Waals surface area contributed by atoms with Crippen LogP contribution in [0.5, 0.6) is 0 Å². The third-order valence-electron chi connectivity index (χ3n) is 2.41. The summed E-state index contributed by atoms with van der Waals surface area (Å²) in [6.45, 7) is 1.78. The molecule has 0 saturated heterocycles. The monoisotopic (exact) mass is 306 g/mol. The van der Waals surface area contributed by atoms with Gasteiger partial charge in [0.1, 0.15) is 5.82 Å². The molecule has 3 nitrogen and oxygen atoms in total. The normalized spacial score (nSPS) is 12.5. The third kappa shape index (κ3) is 6.29. The van der Waals surface area contributed by atoms with Gasteiger partial charge in [-0.2, -0.15) is 0 Å². The molecule has 1 aromatic rings.